The predicted molar refractivity (Wildman–Crippen MR) is 75.8 cm³/mol. The molecule has 1 aromatic carbocycles. The van der Waals surface area contributed by atoms with E-state index in [-0.39, 0.29) is 0 Å². The molecule has 2 rings (SSSR count). The van der Waals surface area contributed by atoms with E-state index in [0.29, 0.717) is 0 Å². The molecule has 0 saturated heterocycles. The lowest BCUT2D eigenvalue weighted by Crippen LogP contribution is -2.26. The third-order valence-electron chi connectivity index (χ3n) is 2.70. The van der Waals surface area contributed by atoms with Crippen LogP contribution in [0.4, 0.5) is 5.95 Å². The number of rotatable bonds is 5. The molecule has 0 N–H and O–H groups in total. The number of hydrogen-bond donors (Lipinski definition) is 0. The predicted octanol–water partition coefficient (Wildman–Crippen LogP) is 3.24. The minimum Gasteiger partial charge on any atom is -0.341 e. The number of benzene rings is 1. The van der Waals surface area contributed by atoms with Gasteiger partial charge in [-0.05, 0) is 19.4 Å². The van der Waals surface area contributed by atoms with Crippen molar-refractivity contribution in [1.29, 1.82) is 0 Å². The Morgan fingerprint density at radius 1 is 1.29 bits per heavy atom. The van der Waals surface area contributed by atoms with E-state index in [9.17, 15) is 0 Å². The number of alkyl halides is 1. The zero-order chi connectivity index (χ0) is 12.1. The Morgan fingerprint density at radius 3 is 2.88 bits per heavy atom. The molecular formula is C13H16BrN3. The summed E-state index contributed by atoms with van der Waals surface area (Å²) in [5.74, 6) is 0.826. The van der Waals surface area contributed by atoms with Crippen molar-refractivity contribution in [3.8, 4) is 0 Å². The summed E-state index contributed by atoms with van der Waals surface area (Å²) in [6.45, 7) is 4.05. The average molecular weight is 294 g/mol. The van der Waals surface area contributed by atoms with Crippen LogP contribution in [0.1, 0.15) is 13.3 Å². The molecule has 1 aromatic heterocycles. The lowest BCUT2D eigenvalue weighted by molar-refractivity contribution is 0.771. The Balaban J connectivity index is 2.27. The molecule has 0 aliphatic carbocycles. The van der Waals surface area contributed by atoms with Gasteiger partial charge in [-0.15, -0.1) is 0 Å². The fourth-order valence-electron chi connectivity index (χ4n) is 1.76. The first-order chi connectivity index (χ1) is 8.35. The largest absolute Gasteiger partial charge is 0.341 e. The summed E-state index contributed by atoms with van der Waals surface area (Å²) < 4.78 is 0. The van der Waals surface area contributed by atoms with Gasteiger partial charge in [-0.3, -0.25) is 0 Å². The molecule has 0 saturated carbocycles. The number of para-hydroxylation sites is 1. The maximum atomic E-state index is 4.60. The molecule has 0 atom stereocenters. The quantitative estimate of drug-likeness (QED) is 0.793. The van der Waals surface area contributed by atoms with E-state index in [1.165, 1.54) is 0 Å². The third-order valence-corrected chi connectivity index (χ3v) is 3.26. The maximum Gasteiger partial charge on any atom is 0.225 e. The van der Waals surface area contributed by atoms with Crippen molar-refractivity contribution in [2.75, 3.05) is 23.3 Å². The lowest BCUT2D eigenvalue weighted by atomic mass is 10.2. The van der Waals surface area contributed by atoms with Crippen molar-refractivity contribution in [3.63, 3.8) is 0 Å². The second-order valence-corrected chi connectivity index (χ2v) is 4.64. The summed E-state index contributed by atoms with van der Waals surface area (Å²) in [5.41, 5.74) is 1.01. The van der Waals surface area contributed by atoms with Crippen LogP contribution in [0.15, 0.2) is 30.5 Å². The fourth-order valence-corrected chi connectivity index (χ4v) is 2.02. The van der Waals surface area contributed by atoms with Gasteiger partial charge in [0.05, 0.1) is 5.52 Å². The van der Waals surface area contributed by atoms with Crippen molar-refractivity contribution >= 4 is 32.8 Å². The van der Waals surface area contributed by atoms with Gasteiger partial charge >= 0.3 is 0 Å². The van der Waals surface area contributed by atoms with Gasteiger partial charge < -0.3 is 4.90 Å². The monoisotopic (exact) mass is 293 g/mol. The molecule has 4 heteroatoms. The highest BCUT2D eigenvalue weighted by atomic mass is 79.9. The van der Waals surface area contributed by atoms with E-state index in [4.69, 9.17) is 0 Å². The molecule has 3 nitrogen and oxygen atoms in total. The van der Waals surface area contributed by atoms with Gasteiger partial charge in [0, 0.05) is 30.0 Å². The van der Waals surface area contributed by atoms with Crippen LogP contribution in [0.3, 0.4) is 0 Å². The maximum absolute atomic E-state index is 4.60. The van der Waals surface area contributed by atoms with Gasteiger partial charge in [0.15, 0.2) is 0 Å². The molecule has 0 aliphatic heterocycles. The zero-order valence-corrected chi connectivity index (χ0v) is 11.5. The van der Waals surface area contributed by atoms with Crippen molar-refractivity contribution in [2.24, 2.45) is 0 Å². The van der Waals surface area contributed by atoms with E-state index in [1.54, 1.807) is 0 Å². The molecule has 2 aromatic rings. The first kappa shape index (κ1) is 12.3. The average Bonchev–Trinajstić information content (AvgIpc) is 2.39. The van der Waals surface area contributed by atoms with Gasteiger partial charge in [0.1, 0.15) is 0 Å². The summed E-state index contributed by atoms with van der Waals surface area (Å²) in [5, 5.41) is 2.10. The summed E-state index contributed by atoms with van der Waals surface area (Å²) in [6.07, 6.45) is 3.00. The van der Waals surface area contributed by atoms with Crippen LogP contribution in [-0.4, -0.2) is 28.4 Å². The van der Waals surface area contributed by atoms with Crippen LogP contribution in [0.25, 0.3) is 10.9 Å². The third kappa shape index (κ3) is 2.94. The second-order valence-electron chi connectivity index (χ2n) is 3.85. The van der Waals surface area contributed by atoms with Crippen LogP contribution in [0.2, 0.25) is 0 Å². The molecular weight excluding hydrogens is 278 g/mol. The van der Waals surface area contributed by atoms with E-state index in [1.807, 2.05) is 30.5 Å². The Bertz CT molecular complexity index is 487. The molecule has 0 radical (unpaired) electrons. The zero-order valence-electron chi connectivity index (χ0n) is 9.93. The summed E-state index contributed by atoms with van der Waals surface area (Å²) in [4.78, 5) is 11.2. The molecule has 0 amide bonds. The molecule has 0 spiro atoms. The SMILES string of the molecule is CCN(CCCBr)c1ncc2ccccc2n1. The minimum atomic E-state index is 0.826. The molecule has 17 heavy (non-hydrogen) atoms. The number of fused-ring (bicyclic) bond motifs is 1. The number of anilines is 1. The van der Waals surface area contributed by atoms with Gasteiger partial charge in [-0.25, -0.2) is 9.97 Å². The van der Waals surface area contributed by atoms with Crippen molar-refractivity contribution < 1.29 is 0 Å². The standard InChI is InChI=1S/C13H16BrN3/c1-2-17(9-5-8-14)13-15-10-11-6-3-4-7-12(11)16-13/h3-4,6-7,10H,2,5,8-9H2,1H3. The lowest BCUT2D eigenvalue weighted by Gasteiger charge is -2.20. The Kier molecular flexibility index (Phi) is 4.31. The highest BCUT2D eigenvalue weighted by Crippen LogP contribution is 2.14. The van der Waals surface area contributed by atoms with Gasteiger partial charge in [0.2, 0.25) is 5.95 Å². The van der Waals surface area contributed by atoms with Crippen molar-refractivity contribution in [1.82, 2.24) is 9.97 Å². The van der Waals surface area contributed by atoms with Crippen LogP contribution in [-0.2, 0) is 0 Å². The first-order valence-electron chi connectivity index (χ1n) is 5.88. The molecule has 0 fully saturated rings. The number of hydrogen-bond acceptors (Lipinski definition) is 3. The van der Waals surface area contributed by atoms with Gasteiger partial charge in [0.25, 0.3) is 0 Å². The fraction of sp³-hybridized carbons (Fsp3) is 0.385. The van der Waals surface area contributed by atoms with E-state index in [2.05, 4.69) is 37.7 Å². The van der Waals surface area contributed by atoms with Crippen LogP contribution in [0, 0.1) is 0 Å². The smallest absolute Gasteiger partial charge is 0.225 e. The van der Waals surface area contributed by atoms with Crippen LogP contribution >= 0.6 is 15.9 Å². The van der Waals surface area contributed by atoms with Crippen LogP contribution in [0.5, 0.6) is 0 Å². The number of halogens is 1. The second kappa shape index (κ2) is 5.96. The molecule has 90 valence electrons. The van der Waals surface area contributed by atoms with E-state index >= 15 is 0 Å². The van der Waals surface area contributed by atoms with Crippen LogP contribution < -0.4 is 4.90 Å². The molecule has 0 bridgehead atoms. The Hall–Kier alpha value is -1.16. The summed E-state index contributed by atoms with van der Waals surface area (Å²) in [7, 11) is 0. The van der Waals surface area contributed by atoms with Gasteiger partial charge in [-0.1, -0.05) is 34.1 Å². The van der Waals surface area contributed by atoms with Gasteiger partial charge in [-0.2, -0.15) is 0 Å². The van der Waals surface area contributed by atoms with Crippen molar-refractivity contribution in [2.45, 2.75) is 13.3 Å². The number of aromatic nitrogens is 2. The van der Waals surface area contributed by atoms with Crippen molar-refractivity contribution in [3.05, 3.63) is 30.5 Å². The topological polar surface area (TPSA) is 29.0 Å². The van der Waals surface area contributed by atoms with E-state index < -0.39 is 0 Å². The molecule has 1 heterocycles. The highest BCUT2D eigenvalue weighted by Gasteiger charge is 2.07. The van der Waals surface area contributed by atoms with E-state index in [0.717, 1.165) is 41.7 Å². The Labute approximate surface area is 110 Å². The minimum absolute atomic E-state index is 0.826. The number of nitrogens with zero attached hydrogens (tertiary/aromatic N) is 3. The molecule has 0 unspecified atom stereocenters. The summed E-state index contributed by atoms with van der Waals surface area (Å²) in [6, 6.07) is 8.08. The highest BCUT2D eigenvalue weighted by molar-refractivity contribution is 9.09. The first-order valence-corrected chi connectivity index (χ1v) is 7.00. The normalized spacial score (nSPS) is 10.7. The molecule has 0 aliphatic rings. The summed E-state index contributed by atoms with van der Waals surface area (Å²) >= 11 is 3.45. The Morgan fingerprint density at radius 2 is 2.12 bits per heavy atom.